The molecule has 102 valence electrons. The first-order valence-corrected chi connectivity index (χ1v) is 7.08. The standard InChI is InChI=1S/C14H20N4O/c1-2-17-9-4-3-6-11(17)10-13-16-15-12-7-5-8-14(19)18(12)13/h5,7-8,11,15H,2-4,6,9-10H2,1H3. The van der Waals surface area contributed by atoms with Gasteiger partial charge in [0.05, 0.1) is 0 Å². The second kappa shape index (κ2) is 5.17. The van der Waals surface area contributed by atoms with Crippen molar-refractivity contribution in [1.29, 1.82) is 0 Å². The molecule has 0 amide bonds. The third-order valence-corrected chi connectivity index (χ3v) is 4.09. The van der Waals surface area contributed by atoms with Crippen LogP contribution in [0.3, 0.4) is 0 Å². The summed E-state index contributed by atoms with van der Waals surface area (Å²) >= 11 is 0. The average Bonchev–Trinajstić information content (AvgIpc) is 2.84. The quantitative estimate of drug-likeness (QED) is 0.908. The SMILES string of the molecule is CCN1CCCCC1Cc1n[nH]c2cccc(=O)n12. The van der Waals surface area contributed by atoms with Crippen LogP contribution in [0.25, 0.3) is 5.65 Å². The van der Waals surface area contributed by atoms with Crippen LogP contribution in [0.2, 0.25) is 0 Å². The Morgan fingerprint density at radius 1 is 1.42 bits per heavy atom. The predicted octanol–water partition coefficient (Wildman–Crippen LogP) is 1.44. The zero-order valence-electron chi connectivity index (χ0n) is 11.3. The number of aromatic nitrogens is 3. The highest BCUT2D eigenvalue weighted by atomic mass is 16.1. The minimum atomic E-state index is 0.0000999. The van der Waals surface area contributed by atoms with E-state index >= 15 is 0 Å². The van der Waals surface area contributed by atoms with Gasteiger partial charge in [0.25, 0.3) is 5.56 Å². The van der Waals surface area contributed by atoms with Crippen molar-refractivity contribution < 1.29 is 0 Å². The van der Waals surface area contributed by atoms with Gasteiger partial charge in [-0.1, -0.05) is 19.4 Å². The third-order valence-electron chi connectivity index (χ3n) is 4.09. The van der Waals surface area contributed by atoms with Gasteiger partial charge in [-0.2, -0.15) is 5.10 Å². The van der Waals surface area contributed by atoms with Crippen LogP contribution in [-0.2, 0) is 6.42 Å². The molecule has 0 radical (unpaired) electrons. The minimum Gasteiger partial charge on any atom is -0.300 e. The molecule has 0 aromatic carbocycles. The largest absolute Gasteiger partial charge is 0.300 e. The number of nitrogens with one attached hydrogen (secondary N) is 1. The van der Waals surface area contributed by atoms with Crippen molar-refractivity contribution in [2.24, 2.45) is 0 Å². The first-order chi connectivity index (χ1) is 9.29. The molecule has 5 nitrogen and oxygen atoms in total. The number of nitrogens with zero attached hydrogens (tertiary/aromatic N) is 3. The van der Waals surface area contributed by atoms with Gasteiger partial charge in [0.15, 0.2) is 0 Å². The molecule has 0 spiro atoms. The van der Waals surface area contributed by atoms with Crippen LogP contribution >= 0.6 is 0 Å². The summed E-state index contributed by atoms with van der Waals surface area (Å²) < 4.78 is 1.70. The van der Waals surface area contributed by atoms with Crippen molar-refractivity contribution in [3.63, 3.8) is 0 Å². The van der Waals surface area contributed by atoms with E-state index < -0.39 is 0 Å². The minimum absolute atomic E-state index is 0.0000999. The molecule has 0 bridgehead atoms. The van der Waals surface area contributed by atoms with Crippen LogP contribution in [0.4, 0.5) is 0 Å². The molecule has 2 aromatic rings. The van der Waals surface area contributed by atoms with Gasteiger partial charge >= 0.3 is 0 Å². The van der Waals surface area contributed by atoms with Crippen molar-refractivity contribution in [3.8, 4) is 0 Å². The maximum absolute atomic E-state index is 11.9. The number of rotatable bonds is 3. The normalized spacial score (nSPS) is 21.0. The van der Waals surface area contributed by atoms with E-state index in [4.69, 9.17) is 0 Å². The van der Waals surface area contributed by atoms with E-state index in [0.717, 1.165) is 24.4 Å². The van der Waals surface area contributed by atoms with E-state index in [1.165, 1.54) is 25.8 Å². The number of H-pyrrole nitrogens is 1. The molecule has 1 unspecified atom stereocenters. The highest BCUT2D eigenvalue weighted by molar-refractivity contribution is 5.37. The summed E-state index contributed by atoms with van der Waals surface area (Å²) in [7, 11) is 0. The summed E-state index contributed by atoms with van der Waals surface area (Å²) in [4.78, 5) is 14.4. The lowest BCUT2D eigenvalue weighted by atomic mass is 9.99. The molecule has 0 saturated carbocycles. The maximum atomic E-state index is 11.9. The Morgan fingerprint density at radius 2 is 2.32 bits per heavy atom. The van der Waals surface area contributed by atoms with Crippen LogP contribution in [0, 0.1) is 0 Å². The highest BCUT2D eigenvalue weighted by Gasteiger charge is 2.23. The number of hydrogen-bond donors (Lipinski definition) is 1. The number of aromatic amines is 1. The van der Waals surface area contributed by atoms with Gasteiger partial charge in [-0.05, 0) is 32.0 Å². The molecule has 1 aliphatic rings. The molecule has 19 heavy (non-hydrogen) atoms. The Labute approximate surface area is 112 Å². The smallest absolute Gasteiger partial charge is 0.257 e. The highest BCUT2D eigenvalue weighted by Crippen LogP contribution is 2.19. The van der Waals surface area contributed by atoms with Gasteiger partial charge in [0, 0.05) is 18.5 Å². The number of likely N-dealkylation sites (N-methyl/N-ethyl adjacent to an activating group) is 1. The lowest BCUT2D eigenvalue weighted by molar-refractivity contribution is 0.153. The summed E-state index contributed by atoms with van der Waals surface area (Å²) in [5.41, 5.74) is 0.779. The molecule has 1 aliphatic heterocycles. The van der Waals surface area contributed by atoms with E-state index in [1.54, 1.807) is 16.5 Å². The average molecular weight is 260 g/mol. The van der Waals surface area contributed by atoms with E-state index in [0.29, 0.717) is 6.04 Å². The maximum Gasteiger partial charge on any atom is 0.257 e. The second-order valence-electron chi connectivity index (χ2n) is 5.21. The van der Waals surface area contributed by atoms with Crippen LogP contribution in [0.1, 0.15) is 32.0 Å². The Balaban J connectivity index is 1.90. The number of likely N-dealkylation sites (tertiary alicyclic amines) is 1. The van der Waals surface area contributed by atoms with E-state index in [-0.39, 0.29) is 5.56 Å². The summed E-state index contributed by atoms with van der Waals surface area (Å²) in [6.07, 6.45) is 4.60. The number of pyridine rings is 1. The summed E-state index contributed by atoms with van der Waals surface area (Å²) in [5.74, 6) is 0.853. The van der Waals surface area contributed by atoms with Gasteiger partial charge in [0.2, 0.25) is 0 Å². The van der Waals surface area contributed by atoms with Crippen LogP contribution in [-0.4, -0.2) is 38.6 Å². The third kappa shape index (κ3) is 2.30. The molecule has 1 fully saturated rings. The van der Waals surface area contributed by atoms with Crippen LogP contribution < -0.4 is 5.56 Å². The van der Waals surface area contributed by atoms with Gasteiger partial charge in [-0.15, -0.1) is 0 Å². The summed E-state index contributed by atoms with van der Waals surface area (Å²) in [6, 6.07) is 5.75. The first-order valence-electron chi connectivity index (χ1n) is 7.08. The van der Waals surface area contributed by atoms with Gasteiger partial charge in [-0.25, -0.2) is 4.40 Å². The summed E-state index contributed by atoms with van der Waals surface area (Å²) in [6.45, 7) is 4.44. The molecule has 2 aromatic heterocycles. The first kappa shape index (κ1) is 12.4. The molecule has 1 atom stereocenters. The summed E-state index contributed by atoms with van der Waals surface area (Å²) in [5, 5.41) is 7.28. The van der Waals surface area contributed by atoms with Crippen LogP contribution in [0.5, 0.6) is 0 Å². The molecular weight excluding hydrogens is 240 g/mol. The zero-order valence-corrected chi connectivity index (χ0v) is 11.3. The van der Waals surface area contributed by atoms with Crippen molar-refractivity contribution in [2.45, 2.75) is 38.6 Å². The Morgan fingerprint density at radius 3 is 3.16 bits per heavy atom. The Bertz CT molecular complexity index is 615. The van der Waals surface area contributed by atoms with Crippen molar-refractivity contribution >= 4 is 5.65 Å². The number of piperidine rings is 1. The van der Waals surface area contributed by atoms with Crippen LogP contribution in [0.15, 0.2) is 23.0 Å². The lowest BCUT2D eigenvalue weighted by Crippen LogP contribution is -2.41. The number of hydrogen-bond acceptors (Lipinski definition) is 3. The molecule has 3 rings (SSSR count). The van der Waals surface area contributed by atoms with E-state index in [2.05, 4.69) is 22.0 Å². The lowest BCUT2D eigenvalue weighted by Gasteiger charge is -2.34. The fraction of sp³-hybridized carbons (Fsp3) is 0.571. The predicted molar refractivity (Wildman–Crippen MR) is 74.4 cm³/mol. The number of fused-ring (bicyclic) bond motifs is 1. The van der Waals surface area contributed by atoms with Crippen molar-refractivity contribution in [2.75, 3.05) is 13.1 Å². The topological polar surface area (TPSA) is 53.4 Å². The van der Waals surface area contributed by atoms with Crippen molar-refractivity contribution in [1.82, 2.24) is 19.5 Å². The fourth-order valence-corrected chi connectivity index (χ4v) is 3.07. The molecule has 3 heterocycles. The molecule has 0 aliphatic carbocycles. The second-order valence-corrected chi connectivity index (χ2v) is 5.21. The molecule has 1 saturated heterocycles. The molecule has 1 N–H and O–H groups in total. The van der Waals surface area contributed by atoms with Gasteiger partial charge in [0.1, 0.15) is 11.5 Å². The van der Waals surface area contributed by atoms with Gasteiger partial charge < -0.3 is 4.90 Å². The Kier molecular flexibility index (Phi) is 3.38. The Hall–Kier alpha value is -1.62. The van der Waals surface area contributed by atoms with Crippen molar-refractivity contribution in [3.05, 3.63) is 34.4 Å². The van der Waals surface area contributed by atoms with E-state index in [9.17, 15) is 4.79 Å². The monoisotopic (exact) mass is 260 g/mol. The van der Waals surface area contributed by atoms with E-state index in [1.807, 2.05) is 6.07 Å². The van der Waals surface area contributed by atoms with Gasteiger partial charge in [-0.3, -0.25) is 9.89 Å². The molecule has 5 heteroatoms. The zero-order chi connectivity index (χ0) is 13.2. The molecular formula is C14H20N4O. The fourth-order valence-electron chi connectivity index (χ4n) is 3.07.